The summed E-state index contributed by atoms with van der Waals surface area (Å²) in [4.78, 5) is 29.4. The molecule has 4 rings (SSSR count). The largest absolute Gasteiger partial charge is 0.339 e. The SMILES string of the molecule is N#Cc1ccc(F)cc1CN1CCC2(CCN(C(=O)c3ccccc3)CC2)C1=O. The number of hydrogen-bond donors (Lipinski definition) is 0. The average molecular weight is 391 g/mol. The maximum absolute atomic E-state index is 13.6. The van der Waals surface area contributed by atoms with Crippen molar-refractivity contribution in [2.75, 3.05) is 19.6 Å². The van der Waals surface area contributed by atoms with Gasteiger partial charge in [0.2, 0.25) is 5.91 Å². The summed E-state index contributed by atoms with van der Waals surface area (Å²) >= 11 is 0. The highest BCUT2D eigenvalue weighted by molar-refractivity contribution is 5.94. The molecule has 29 heavy (non-hydrogen) atoms. The van der Waals surface area contributed by atoms with Gasteiger partial charge in [0.25, 0.3) is 5.91 Å². The molecule has 2 aromatic carbocycles. The van der Waals surface area contributed by atoms with Gasteiger partial charge in [0, 0.05) is 31.7 Å². The number of nitriles is 1. The van der Waals surface area contributed by atoms with Crippen molar-refractivity contribution in [1.82, 2.24) is 9.80 Å². The molecule has 0 unspecified atom stereocenters. The molecule has 0 aliphatic carbocycles. The Kier molecular flexibility index (Phi) is 5.06. The molecule has 0 bridgehead atoms. The minimum absolute atomic E-state index is 0.00109. The van der Waals surface area contributed by atoms with Crippen LogP contribution in [-0.4, -0.2) is 41.2 Å². The van der Waals surface area contributed by atoms with E-state index < -0.39 is 11.2 Å². The highest BCUT2D eigenvalue weighted by Gasteiger charge is 2.48. The van der Waals surface area contributed by atoms with Gasteiger partial charge in [-0.05, 0) is 55.2 Å². The van der Waals surface area contributed by atoms with Gasteiger partial charge >= 0.3 is 0 Å². The van der Waals surface area contributed by atoms with E-state index in [2.05, 4.69) is 6.07 Å². The Balaban J connectivity index is 1.43. The first kappa shape index (κ1) is 19.1. The fourth-order valence-electron chi connectivity index (χ4n) is 4.42. The van der Waals surface area contributed by atoms with Crippen molar-refractivity contribution in [1.29, 1.82) is 5.26 Å². The number of likely N-dealkylation sites (tertiary alicyclic amines) is 2. The third kappa shape index (κ3) is 3.61. The number of halogens is 1. The second-order valence-electron chi connectivity index (χ2n) is 7.83. The quantitative estimate of drug-likeness (QED) is 0.806. The summed E-state index contributed by atoms with van der Waals surface area (Å²) in [6, 6.07) is 15.3. The zero-order valence-corrected chi connectivity index (χ0v) is 16.1. The standard InChI is InChI=1S/C23H22FN3O2/c24-20-7-6-18(15-25)19(14-20)16-27-13-10-23(22(27)29)8-11-26(12-9-23)21(28)17-4-2-1-3-5-17/h1-7,14H,8-13,16H2. The van der Waals surface area contributed by atoms with E-state index in [1.165, 1.54) is 18.2 Å². The minimum atomic E-state index is -0.451. The summed E-state index contributed by atoms with van der Waals surface area (Å²) in [6.45, 7) is 1.94. The Morgan fingerprint density at radius 2 is 1.76 bits per heavy atom. The van der Waals surface area contributed by atoms with Crippen LogP contribution in [0.2, 0.25) is 0 Å². The summed E-state index contributed by atoms with van der Waals surface area (Å²) < 4.78 is 13.6. The van der Waals surface area contributed by atoms with Gasteiger partial charge in [0.15, 0.2) is 0 Å². The molecule has 2 amide bonds. The third-order valence-corrected chi connectivity index (χ3v) is 6.18. The molecule has 1 spiro atoms. The summed E-state index contributed by atoms with van der Waals surface area (Å²) in [5, 5.41) is 9.25. The van der Waals surface area contributed by atoms with Crippen LogP contribution in [-0.2, 0) is 11.3 Å². The van der Waals surface area contributed by atoms with Crippen LogP contribution in [0, 0.1) is 22.6 Å². The van der Waals surface area contributed by atoms with Crippen molar-refractivity contribution in [3.05, 3.63) is 71.0 Å². The third-order valence-electron chi connectivity index (χ3n) is 6.18. The molecule has 2 aromatic rings. The van der Waals surface area contributed by atoms with E-state index in [4.69, 9.17) is 0 Å². The fraction of sp³-hybridized carbons (Fsp3) is 0.348. The Bertz CT molecular complexity index is 975. The zero-order valence-electron chi connectivity index (χ0n) is 16.1. The van der Waals surface area contributed by atoms with E-state index in [1.54, 1.807) is 17.0 Å². The topological polar surface area (TPSA) is 64.4 Å². The number of benzene rings is 2. The van der Waals surface area contributed by atoms with Crippen molar-refractivity contribution in [3.8, 4) is 6.07 Å². The van der Waals surface area contributed by atoms with Crippen LogP contribution >= 0.6 is 0 Å². The normalized spacial score (nSPS) is 18.1. The smallest absolute Gasteiger partial charge is 0.253 e. The van der Waals surface area contributed by atoms with Gasteiger partial charge in [-0.15, -0.1) is 0 Å². The molecule has 148 valence electrons. The first-order valence-electron chi connectivity index (χ1n) is 9.85. The molecule has 2 aliphatic rings. The minimum Gasteiger partial charge on any atom is -0.339 e. The Hall–Kier alpha value is -3.20. The maximum Gasteiger partial charge on any atom is 0.253 e. The summed E-state index contributed by atoms with van der Waals surface area (Å²) in [5.41, 5.74) is 1.14. The molecule has 2 aliphatic heterocycles. The second kappa shape index (κ2) is 7.67. The molecule has 0 radical (unpaired) electrons. The van der Waals surface area contributed by atoms with Gasteiger partial charge in [0.05, 0.1) is 17.0 Å². The number of carbonyl (C=O) groups excluding carboxylic acids is 2. The Morgan fingerprint density at radius 1 is 1.07 bits per heavy atom. The number of amides is 2. The highest BCUT2D eigenvalue weighted by Crippen LogP contribution is 2.42. The van der Waals surface area contributed by atoms with Gasteiger partial charge in [-0.2, -0.15) is 5.26 Å². The summed E-state index contributed by atoms with van der Waals surface area (Å²) in [6.07, 6.45) is 2.00. The van der Waals surface area contributed by atoms with E-state index >= 15 is 0 Å². The van der Waals surface area contributed by atoms with Crippen molar-refractivity contribution >= 4 is 11.8 Å². The van der Waals surface area contributed by atoms with Crippen LogP contribution in [0.5, 0.6) is 0 Å². The molecule has 2 fully saturated rings. The van der Waals surface area contributed by atoms with Crippen LogP contribution in [0.3, 0.4) is 0 Å². The molecular formula is C23H22FN3O2. The first-order valence-corrected chi connectivity index (χ1v) is 9.85. The number of carbonyl (C=O) groups is 2. The summed E-state index contributed by atoms with van der Waals surface area (Å²) in [7, 11) is 0. The van der Waals surface area contributed by atoms with Gasteiger partial charge in [-0.1, -0.05) is 18.2 Å². The second-order valence-corrected chi connectivity index (χ2v) is 7.83. The average Bonchev–Trinajstić information content (AvgIpc) is 3.04. The zero-order chi connectivity index (χ0) is 20.4. The van der Waals surface area contributed by atoms with Crippen molar-refractivity contribution in [2.24, 2.45) is 5.41 Å². The van der Waals surface area contributed by atoms with Crippen molar-refractivity contribution in [2.45, 2.75) is 25.8 Å². The van der Waals surface area contributed by atoms with E-state index in [9.17, 15) is 19.2 Å². The number of nitrogens with zero attached hydrogens (tertiary/aromatic N) is 3. The first-order chi connectivity index (χ1) is 14.0. The van der Waals surface area contributed by atoms with Crippen LogP contribution in [0.4, 0.5) is 4.39 Å². The maximum atomic E-state index is 13.6. The molecule has 0 N–H and O–H groups in total. The monoisotopic (exact) mass is 391 g/mol. The van der Waals surface area contributed by atoms with Crippen LogP contribution in [0.15, 0.2) is 48.5 Å². The lowest BCUT2D eigenvalue weighted by atomic mass is 9.77. The molecule has 0 aromatic heterocycles. The van der Waals surface area contributed by atoms with Crippen LogP contribution in [0.1, 0.15) is 40.7 Å². The predicted molar refractivity (Wildman–Crippen MR) is 105 cm³/mol. The van der Waals surface area contributed by atoms with Gasteiger partial charge in [0.1, 0.15) is 5.82 Å². The Labute approximate surface area is 169 Å². The van der Waals surface area contributed by atoms with Gasteiger partial charge in [-0.25, -0.2) is 4.39 Å². The molecule has 0 saturated carbocycles. The fourth-order valence-corrected chi connectivity index (χ4v) is 4.42. The number of piperidine rings is 1. The van der Waals surface area contributed by atoms with Crippen LogP contribution in [0.25, 0.3) is 0 Å². The molecule has 2 saturated heterocycles. The van der Waals surface area contributed by atoms with Crippen molar-refractivity contribution < 1.29 is 14.0 Å². The molecular weight excluding hydrogens is 369 g/mol. The van der Waals surface area contributed by atoms with E-state index in [0.29, 0.717) is 49.2 Å². The van der Waals surface area contributed by atoms with Gasteiger partial charge < -0.3 is 9.80 Å². The van der Waals surface area contributed by atoms with Crippen LogP contribution < -0.4 is 0 Å². The van der Waals surface area contributed by atoms with E-state index in [0.717, 1.165) is 6.42 Å². The highest BCUT2D eigenvalue weighted by atomic mass is 19.1. The Morgan fingerprint density at radius 3 is 2.45 bits per heavy atom. The van der Waals surface area contributed by atoms with Gasteiger partial charge in [-0.3, -0.25) is 9.59 Å². The predicted octanol–water partition coefficient (Wildman–Crippen LogP) is 3.35. The number of rotatable bonds is 3. The lowest BCUT2D eigenvalue weighted by Crippen LogP contribution is -2.46. The molecule has 5 nitrogen and oxygen atoms in total. The molecule has 2 heterocycles. The lowest BCUT2D eigenvalue weighted by molar-refractivity contribution is -0.138. The van der Waals surface area contributed by atoms with E-state index in [-0.39, 0.29) is 18.4 Å². The van der Waals surface area contributed by atoms with Crippen molar-refractivity contribution in [3.63, 3.8) is 0 Å². The van der Waals surface area contributed by atoms with E-state index in [1.807, 2.05) is 23.1 Å². The number of hydrogen-bond acceptors (Lipinski definition) is 3. The summed E-state index contributed by atoms with van der Waals surface area (Å²) in [5.74, 6) is -0.355. The molecule has 6 heteroatoms. The molecule has 0 atom stereocenters. The lowest BCUT2D eigenvalue weighted by Gasteiger charge is -2.38.